The molecule has 0 N–H and O–H groups in total. The Labute approximate surface area is 37.2 Å². The molecule has 0 fully saturated rings. The number of hydrogen-bond acceptors (Lipinski definition) is 0. The van der Waals surface area contributed by atoms with E-state index in [1.165, 1.54) is 0 Å². The van der Waals surface area contributed by atoms with E-state index in [2.05, 4.69) is 0 Å². The summed E-state index contributed by atoms with van der Waals surface area (Å²) < 4.78 is 0. The van der Waals surface area contributed by atoms with Gasteiger partial charge in [-0.05, 0) is 0 Å². The topological polar surface area (TPSA) is 0 Å². The lowest BCUT2D eigenvalue weighted by Gasteiger charge is -1.07. The third-order valence-electron chi connectivity index (χ3n) is 0. The van der Waals surface area contributed by atoms with Crippen LogP contribution in [0.1, 0.15) is 28.7 Å². The molecule has 0 heterocycles. The normalized spacial score (nSPS) is 1.20. The van der Waals surface area contributed by atoms with Crippen LogP contribution in [0.25, 0.3) is 0 Å². The van der Waals surface area contributed by atoms with Gasteiger partial charge in [0.15, 0.2) is 0 Å². The maximum atomic E-state index is 2.00. The fourth-order valence-electron chi connectivity index (χ4n) is 0. The van der Waals surface area contributed by atoms with Crippen molar-refractivity contribution in [1.82, 2.24) is 0 Å². The Kier molecular flexibility index (Phi) is 0. The predicted molar refractivity (Wildman–Crippen MR) is 31.2 cm³/mol. The van der Waals surface area contributed by atoms with Gasteiger partial charge in [0.1, 0.15) is 0 Å². The second-order valence-electron chi connectivity index (χ2n) is 0. The molecule has 0 amide bonds. The van der Waals surface area contributed by atoms with Crippen LogP contribution in [0.5, 0.6) is 0 Å². The molecule has 0 aliphatic rings. The summed E-state index contributed by atoms with van der Waals surface area (Å²) >= 11 is 0. The van der Waals surface area contributed by atoms with Crippen LogP contribution < -0.4 is 0 Å². The van der Waals surface area contributed by atoms with Crippen LogP contribution >= 0.6 is 0 Å². The van der Waals surface area contributed by atoms with Crippen molar-refractivity contribution in [3.05, 3.63) is 7.43 Å². The molecule has 0 spiro atoms. The van der Waals surface area contributed by atoms with E-state index in [1.807, 2.05) is 13.8 Å². The van der Waals surface area contributed by atoms with Gasteiger partial charge in [0.25, 0.3) is 0 Å². The highest BCUT2D eigenvalue weighted by Gasteiger charge is 0.932. The average Bonchev–Trinajstić information content (AvgIpc) is 1.00. The molecule has 0 unspecified atom stereocenters. The summed E-state index contributed by atoms with van der Waals surface area (Å²) in [5, 5.41) is 0. The highest BCUT2D eigenvalue weighted by molar-refractivity contribution is 3.50. The van der Waals surface area contributed by atoms with Gasteiger partial charge in [-0.2, -0.15) is 0 Å². The molecule has 0 heteroatoms. The molecule has 0 bridgehead atoms. The van der Waals surface area contributed by atoms with Gasteiger partial charge in [0.2, 0.25) is 0 Å². The largest absolute Gasteiger partial charge is 0.358 e. The third-order valence-corrected chi connectivity index (χ3v) is 0. The SMILES string of the molecule is C.C.CC.[CH3-]. The molecule has 0 radical (unpaired) electrons. The first-order valence-electron chi connectivity index (χ1n) is 1.00. The van der Waals surface area contributed by atoms with E-state index in [0.717, 1.165) is 0 Å². The number of hydrogen-bond donors (Lipinski definition) is 0. The van der Waals surface area contributed by atoms with E-state index in [0.29, 0.717) is 0 Å². The minimum absolute atomic E-state index is 0. The zero-order valence-corrected chi connectivity index (χ0v) is 3.00. The van der Waals surface area contributed by atoms with Crippen LogP contribution in [0.4, 0.5) is 0 Å². The standard InChI is InChI=1S/C2H6.2CH4.CH3/c1-2;;;/h1-2H3;2*1H4;1H3/q;;;-1. The highest BCUT2D eigenvalue weighted by Crippen LogP contribution is 1.14. The van der Waals surface area contributed by atoms with E-state index in [-0.39, 0.29) is 22.3 Å². The summed E-state index contributed by atoms with van der Waals surface area (Å²) in [6.45, 7) is 4.00. The van der Waals surface area contributed by atoms with Crippen LogP contribution in [0, 0.1) is 7.43 Å². The maximum absolute atomic E-state index is 2.00. The molecule has 0 saturated carbocycles. The van der Waals surface area contributed by atoms with Gasteiger partial charge >= 0.3 is 0 Å². The average molecular weight is 77.2 g/mol. The fourth-order valence-corrected chi connectivity index (χ4v) is 0. The first-order valence-corrected chi connectivity index (χ1v) is 1.00. The van der Waals surface area contributed by atoms with Crippen molar-refractivity contribution in [3.8, 4) is 0 Å². The molecular weight excluding hydrogens is 60.1 g/mol. The van der Waals surface area contributed by atoms with Crippen molar-refractivity contribution in [2.45, 2.75) is 28.7 Å². The smallest absolute Gasteiger partial charge is 0.0683 e. The Bertz CT molecular complexity index is 0. The lowest BCUT2D eigenvalue weighted by Crippen LogP contribution is -0.856. The van der Waals surface area contributed by atoms with Crippen LogP contribution in [-0.2, 0) is 0 Å². The molecule has 0 aliphatic heterocycles. The van der Waals surface area contributed by atoms with Gasteiger partial charge in [-0.25, -0.2) is 0 Å². The summed E-state index contributed by atoms with van der Waals surface area (Å²) in [5.41, 5.74) is 0. The van der Waals surface area contributed by atoms with E-state index in [9.17, 15) is 0 Å². The molecule has 0 rings (SSSR count). The van der Waals surface area contributed by atoms with Gasteiger partial charge in [-0.1, -0.05) is 28.7 Å². The molecule has 0 nitrogen and oxygen atoms in total. The first-order chi connectivity index (χ1) is 1.00. The second-order valence-corrected chi connectivity index (χ2v) is 0. The zero-order chi connectivity index (χ0) is 2.00. The van der Waals surface area contributed by atoms with E-state index < -0.39 is 0 Å². The Hall–Kier alpha value is 0. The zero-order valence-electron chi connectivity index (χ0n) is 3.00. The van der Waals surface area contributed by atoms with Crippen molar-refractivity contribution in [3.63, 3.8) is 0 Å². The molecule has 5 heavy (non-hydrogen) atoms. The summed E-state index contributed by atoms with van der Waals surface area (Å²) in [7, 11) is 0. The van der Waals surface area contributed by atoms with Gasteiger partial charge in [-0.15, -0.1) is 0 Å². The maximum Gasteiger partial charge on any atom is -0.0683 e. The molecule has 0 atom stereocenters. The van der Waals surface area contributed by atoms with E-state index in [4.69, 9.17) is 0 Å². The fraction of sp³-hybridized carbons (Fsp3) is 0.800. The molecule has 38 valence electrons. The lowest BCUT2D eigenvalue weighted by molar-refractivity contribution is 1.50. The Morgan fingerprint density at radius 3 is 0.800 bits per heavy atom. The minimum atomic E-state index is 0. The van der Waals surface area contributed by atoms with Gasteiger partial charge < -0.3 is 7.43 Å². The van der Waals surface area contributed by atoms with Gasteiger partial charge in [0.05, 0.1) is 0 Å². The molecular formula is C5H17-. The quantitative estimate of drug-likeness (QED) is 0.390. The van der Waals surface area contributed by atoms with Crippen molar-refractivity contribution in [2.75, 3.05) is 0 Å². The van der Waals surface area contributed by atoms with E-state index in [1.54, 1.807) is 0 Å². The Morgan fingerprint density at radius 2 is 0.800 bits per heavy atom. The van der Waals surface area contributed by atoms with Crippen LogP contribution in [0.3, 0.4) is 0 Å². The van der Waals surface area contributed by atoms with E-state index >= 15 is 0 Å². The summed E-state index contributed by atoms with van der Waals surface area (Å²) in [4.78, 5) is 0. The van der Waals surface area contributed by atoms with Crippen molar-refractivity contribution in [1.29, 1.82) is 0 Å². The van der Waals surface area contributed by atoms with Gasteiger partial charge in [-0.3, -0.25) is 0 Å². The van der Waals surface area contributed by atoms with Crippen molar-refractivity contribution in [2.24, 2.45) is 0 Å². The van der Waals surface area contributed by atoms with Crippen LogP contribution in [0.2, 0.25) is 0 Å². The summed E-state index contributed by atoms with van der Waals surface area (Å²) in [5.74, 6) is 0. The van der Waals surface area contributed by atoms with Gasteiger partial charge in [0, 0.05) is 0 Å². The molecule has 0 aromatic carbocycles. The second kappa shape index (κ2) is 0. The third kappa shape index (κ3) is 0. The van der Waals surface area contributed by atoms with Crippen LogP contribution in [-0.4, -0.2) is 0 Å². The highest BCUT2D eigenvalue weighted by atomic mass is 13.0. The minimum Gasteiger partial charge on any atom is -0.358 e. The van der Waals surface area contributed by atoms with Crippen LogP contribution in [0.15, 0.2) is 0 Å². The molecule has 0 aromatic heterocycles. The summed E-state index contributed by atoms with van der Waals surface area (Å²) in [6.07, 6.45) is 0. The Balaban J connectivity index is -0.00000000167. The Morgan fingerprint density at radius 1 is 0.800 bits per heavy atom. The first kappa shape index (κ1) is 80.0. The summed E-state index contributed by atoms with van der Waals surface area (Å²) in [6, 6.07) is 0. The predicted octanol–water partition coefficient (Wildman–Crippen LogP) is 2.75. The lowest BCUT2D eigenvalue weighted by atomic mass is 11.0. The number of rotatable bonds is 0. The van der Waals surface area contributed by atoms with Crippen molar-refractivity contribution < 1.29 is 0 Å². The van der Waals surface area contributed by atoms with Crippen molar-refractivity contribution >= 4 is 0 Å². The molecule has 0 saturated heterocycles. The molecule has 0 aliphatic carbocycles. The molecule has 0 aromatic rings. The monoisotopic (exact) mass is 77.1 g/mol.